The summed E-state index contributed by atoms with van der Waals surface area (Å²) >= 11 is 6.10. The summed E-state index contributed by atoms with van der Waals surface area (Å²) in [4.78, 5) is 78.4. The third-order valence-corrected chi connectivity index (χ3v) is 15.1. The van der Waals surface area contributed by atoms with Crippen LogP contribution in [0.15, 0.2) is 59.8 Å². The number of nitrogens with one attached hydrogen (secondary N) is 1. The van der Waals surface area contributed by atoms with Gasteiger partial charge in [0.05, 0.1) is 28.4 Å². The maximum absolute atomic E-state index is 13.9. The predicted molar refractivity (Wildman–Crippen MR) is 261 cm³/mol. The molecule has 0 spiro atoms. The first-order valence-corrected chi connectivity index (χ1v) is 24.0. The third kappa shape index (κ3) is 7.67. The molecular weight excluding hydrogens is 882 g/mol. The summed E-state index contributed by atoms with van der Waals surface area (Å²) in [7, 11) is 3.75. The lowest BCUT2D eigenvalue weighted by molar-refractivity contribution is 0.0955. The molecule has 0 unspecified atom stereocenters. The molecule has 0 bridgehead atoms. The number of fused-ring (bicyclic) bond motifs is 7. The van der Waals surface area contributed by atoms with Crippen LogP contribution in [0.3, 0.4) is 0 Å². The van der Waals surface area contributed by atoms with Gasteiger partial charge in [0.25, 0.3) is 17.4 Å². The van der Waals surface area contributed by atoms with E-state index in [-0.39, 0.29) is 22.9 Å². The molecule has 1 N–H and O–H groups in total. The van der Waals surface area contributed by atoms with Crippen LogP contribution >= 0.6 is 11.6 Å². The number of hydrogen-bond acceptors (Lipinski definition) is 10. The van der Waals surface area contributed by atoms with Crippen LogP contribution in [0.4, 0.5) is 23.1 Å². The minimum atomic E-state index is -0.215. The van der Waals surface area contributed by atoms with Crippen LogP contribution in [0.5, 0.6) is 0 Å². The highest BCUT2D eigenvalue weighted by Crippen LogP contribution is 2.43. The second-order valence-corrected chi connectivity index (χ2v) is 19.7. The highest BCUT2D eigenvalue weighted by Gasteiger charge is 2.37. The molecule has 68 heavy (non-hydrogen) atoms. The summed E-state index contributed by atoms with van der Waals surface area (Å²) in [6.45, 7) is 13.7. The zero-order chi connectivity index (χ0) is 47.7. The Hall–Kier alpha value is -6.65. The van der Waals surface area contributed by atoms with Gasteiger partial charge in [-0.15, -0.1) is 0 Å². The van der Waals surface area contributed by atoms with Gasteiger partial charge in [-0.2, -0.15) is 5.10 Å². The van der Waals surface area contributed by atoms with Gasteiger partial charge in [-0.25, -0.2) is 9.97 Å². The van der Waals surface area contributed by atoms with Crippen LogP contribution in [0, 0.1) is 0 Å². The summed E-state index contributed by atoms with van der Waals surface area (Å²) in [5.41, 5.74) is 9.52. The predicted octanol–water partition coefficient (Wildman–Crippen LogP) is 8.12. The summed E-state index contributed by atoms with van der Waals surface area (Å²) < 4.78 is 7.79. The van der Waals surface area contributed by atoms with Crippen molar-refractivity contribution in [1.82, 2.24) is 38.3 Å². The first-order chi connectivity index (χ1) is 32.8. The standard InChI is InChI=1S/C32H36N8O3.C19H20ClN3O2/c1-19-5-6-20(2)29-24(19)15-27-32(43)39(11-10-38(27)29)30-25(18-41)23(7-8-33-30)21-13-26(31(42)37(4)16-21)34-28-14-22-17-36(3)9-12-40(22)35-28;1-11-3-4-12(2)17-13(11)9-16-19(25)23(8-7-22(16)17)18-14(10-24)15(20)5-6-21-18/h7-8,13-16,18-20H,5-6,9-12,17H2,1-4H3,(H,34,35);5-6,9-12H,3-4,7-8H2,1-2H3/t19-,20+;11-,12+/m11/s1. The smallest absolute Gasteiger partial charge is 0.276 e. The molecule has 6 aromatic rings. The van der Waals surface area contributed by atoms with Crippen molar-refractivity contribution in [3.63, 3.8) is 0 Å². The Kier molecular flexibility index (Phi) is 11.8. The maximum atomic E-state index is 13.9. The van der Waals surface area contributed by atoms with Crippen LogP contribution in [0.1, 0.15) is 147 Å². The highest BCUT2D eigenvalue weighted by atomic mass is 35.5. The van der Waals surface area contributed by atoms with E-state index in [4.69, 9.17) is 11.6 Å². The third-order valence-electron chi connectivity index (χ3n) is 14.8. The summed E-state index contributed by atoms with van der Waals surface area (Å²) in [5.74, 6) is 2.78. The number of halogens is 1. The monoisotopic (exact) mass is 937 g/mol. The largest absolute Gasteiger partial charge is 0.338 e. The molecule has 0 aromatic carbocycles. The number of aldehydes is 2. The molecule has 6 aromatic heterocycles. The van der Waals surface area contributed by atoms with E-state index in [1.54, 1.807) is 47.4 Å². The molecule has 5 aliphatic rings. The molecule has 0 saturated heterocycles. The van der Waals surface area contributed by atoms with Crippen molar-refractivity contribution < 1.29 is 19.2 Å². The van der Waals surface area contributed by atoms with Gasteiger partial charge in [-0.1, -0.05) is 39.3 Å². The van der Waals surface area contributed by atoms with E-state index in [9.17, 15) is 24.0 Å². The van der Waals surface area contributed by atoms with E-state index in [0.29, 0.717) is 112 Å². The molecule has 2 amide bonds. The van der Waals surface area contributed by atoms with Gasteiger partial charge >= 0.3 is 0 Å². The number of hydrogen-bond donors (Lipinski definition) is 1. The normalized spacial score (nSPS) is 20.9. The molecule has 2 aliphatic carbocycles. The minimum Gasteiger partial charge on any atom is -0.338 e. The molecule has 0 radical (unpaired) electrons. The molecule has 3 aliphatic heterocycles. The number of carbonyl (C=O) groups excluding carboxylic acids is 4. The summed E-state index contributed by atoms with van der Waals surface area (Å²) in [5, 5.41) is 8.16. The van der Waals surface area contributed by atoms with E-state index in [2.05, 4.69) is 69.2 Å². The summed E-state index contributed by atoms with van der Waals surface area (Å²) in [6.07, 6.45) is 10.8. The molecular formula is C51H56ClN11O5. The second-order valence-electron chi connectivity index (χ2n) is 19.2. The van der Waals surface area contributed by atoms with Crippen molar-refractivity contribution in [2.75, 3.05) is 41.8 Å². The van der Waals surface area contributed by atoms with E-state index < -0.39 is 0 Å². The van der Waals surface area contributed by atoms with Crippen LogP contribution in [0.25, 0.3) is 11.1 Å². The first-order valence-electron chi connectivity index (χ1n) is 23.6. The van der Waals surface area contributed by atoms with Crippen molar-refractivity contribution in [3.8, 4) is 11.1 Å². The number of anilines is 4. The van der Waals surface area contributed by atoms with Crippen molar-refractivity contribution in [2.24, 2.45) is 7.05 Å². The average molecular weight is 939 g/mol. The fourth-order valence-corrected chi connectivity index (χ4v) is 11.3. The number of pyridine rings is 3. The number of nitrogens with zero attached hydrogens (tertiary/aromatic N) is 10. The quantitative estimate of drug-likeness (QED) is 0.155. The van der Waals surface area contributed by atoms with Crippen molar-refractivity contribution in [1.29, 1.82) is 0 Å². The Balaban J connectivity index is 0.000000183. The van der Waals surface area contributed by atoms with E-state index in [0.717, 1.165) is 57.3 Å². The lowest BCUT2D eigenvalue weighted by Crippen LogP contribution is -2.41. The Morgan fingerprint density at radius 2 is 1.24 bits per heavy atom. The van der Waals surface area contributed by atoms with Gasteiger partial charge in [-0.05, 0) is 103 Å². The maximum Gasteiger partial charge on any atom is 0.276 e. The van der Waals surface area contributed by atoms with Gasteiger partial charge in [0.2, 0.25) is 0 Å². The Morgan fingerprint density at radius 1 is 0.676 bits per heavy atom. The molecule has 17 heteroatoms. The fraction of sp³-hybridized carbons (Fsp3) is 0.412. The van der Waals surface area contributed by atoms with Gasteiger partial charge in [-0.3, -0.25) is 43.4 Å². The minimum absolute atomic E-state index is 0.113. The average Bonchev–Trinajstić information content (AvgIpc) is 4.06. The van der Waals surface area contributed by atoms with E-state index >= 15 is 0 Å². The van der Waals surface area contributed by atoms with Crippen LogP contribution in [-0.2, 0) is 33.2 Å². The number of amides is 2. The Morgan fingerprint density at radius 3 is 1.82 bits per heavy atom. The summed E-state index contributed by atoms with van der Waals surface area (Å²) in [6, 6.07) is 11.1. The second kappa shape index (κ2) is 17.8. The number of aromatic nitrogens is 7. The van der Waals surface area contributed by atoms with Crippen LogP contribution in [-0.4, -0.2) is 89.4 Å². The first kappa shape index (κ1) is 45.1. The molecule has 9 heterocycles. The van der Waals surface area contributed by atoms with Gasteiger partial charge < -0.3 is 19.0 Å². The van der Waals surface area contributed by atoms with Gasteiger partial charge in [0, 0.05) is 87.9 Å². The lowest BCUT2D eigenvalue weighted by atomic mass is 9.82. The van der Waals surface area contributed by atoms with Gasteiger partial charge in [0.15, 0.2) is 18.4 Å². The number of aryl methyl sites for hydroxylation is 1. The van der Waals surface area contributed by atoms with Crippen molar-refractivity contribution >= 4 is 59.1 Å². The lowest BCUT2D eigenvalue weighted by Gasteiger charge is -2.32. The Bertz CT molecular complexity index is 3090. The number of rotatable bonds is 7. The topological polar surface area (TPSA) is 165 Å². The Labute approximate surface area is 399 Å². The molecule has 0 fully saturated rings. The van der Waals surface area contributed by atoms with E-state index in [1.807, 2.05) is 22.9 Å². The van der Waals surface area contributed by atoms with Crippen molar-refractivity contribution in [3.05, 3.63) is 121 Å². The molecule has 0 saturated carbocycles. The van der Waals surface area contributed by atoms with Gasteiger partial charge in [0.1, 0.15) is 28.7 Å². The molecule has 4 atom stereocenters. The van der Waals surface area contributed by atoms with E-state index in [1.165, 1.54) is 33.3 Å². The number of likely N-dealkylation sites (N-methyl/N-ethyl adjacent to an activating group) is 1. The SMILES string of the molecule is C[C@@H]1CC[C@H](C)c2c1cc1n2CCN(c2nccc(-c3cc(Nc4cc5n(n4)CCN(C)C5)c(=O)n(C)c3)c2C=O)C1=O.C[C@@H]1CC[C@H](C)c2c1cc1n2CCN(c2nccc(Cl)c2C=O)C1=O. The zero-order valence-electron chi connectivity index (χ0n) is 39.3. The molecule has 11 rings (SSSR count). The zero-order valence-corrected chi connectivity index (χ0v) is 40.1. The fourth-order valence-electron chi connectivity index (χ4n) is 11.1. The highest BCUT2D eigenvalue weighted by molar-refractivity contribution is 6.33. The molecule has 352 valence electrons. The van der Waals surface area contributed by atoms with Crippen LogP contribution in [0.2, 0.25) is 5.02 Å². The number of carbonyl (C=O) groups is 4. The van der Waals surface area contributed by atoms with Crippen LogP contribution < -0.4 is 20.7 Å². The molecule has 16 nitrogen and oxygen atoms in total. The van der Waals surface area contributed by atoms with Crippen molar-refractivity contribution in [2.45, 2.75) is 103 Å².